The number of aromatic amines is 1. The van der Waals surface area contributed by atoms with Crippen LogP contribution in [0.25, 0.3) is 10.9 Å². The van der Waals surface area contributed by atoms with Crippen LogP contribution in [0.15, 0.2) is 39.8 Å². The normalized spacial score (nSPS) is 15.1. The van der Waals surface area contributed by atoms with Crippen molar-refractivity contribution < 1.29 is 4.52 Å². The molecule has 1 unspecified atom stereocenters. The number of hydrogen-bond donors (Lipinski definition) is 1. The number of pyridine rings is 1. The van der Waals surface area contributed by atoms with Gasteiger partial charge in [-0.05, 0) is 67.9 Å². The lowest BCUT2D eigenvalue weighted by Gasteiger charge is -2.22. The van der Waals surface area contributed by atoms with Crippen LogP contribution in [0, 0.1) is 0 Å². The van der Waals surface area contributed by atoms with Crippen molar-refractivity contribution in [3.63, 3.8) is 0 Å². The Bertz CT molecular complexity index is 928. The quantitative estimate of drug-likeness (QED) is 0.801. The fourth-order valence-corrected chi connectivity index (χ4v) is 3.51. The fourth-order valence-electron chi connectivity index (χ4n) is 3.51. The van der Waals surface area contributed by atoms with E-state index in [1.165, 1.54) is 17.5 Å². The Morgan fingerprint density at radius 1 is 1.29 bits per heavy atom. The lowest BCUT2D eigenvalue weighted by molar-refractivity contribution is 0.240. The predicted octanol–water partition coefficient (Wildman–Crippen LogP) is 3.20. The predicted molar refractivity (Wildman–Crippen MR) is 93.0 cm³/mol. The Labute approximate surface area is 140 Å². The monoisotopic (exact) mass is 323 g/mol. The second-order valence-electron chi connectivity index (χ2n) is 6.70. The molecule has 3 aromatic rings. The maximum absolute atomic E-state index is 12.5. The molecule has 0 amide bonds. The number of hydrogen-bond acceptors (Lipinski definition) is 4. The zero-order valence-corrected chi connectivity index (χ0v) is 14.0. The molecule has 2 heterocycles. The van der Waals surface area contributed by atoms with E-state index in [1.807, 2.05) is 19.2 Å². The molecule has 1 aliphatic carbocycles. The Morgan fingerprint density at radius 3 is 2.83 bits per heavy atom. The summed E-state index contributed by atoms with van der Waals surface area (Å²) in [5, 5.41) is 5.11. The molecular formula is C19H21N3O2. The molecule has 24 heavy (non-hydrogen) atoms. The largest absolute Gasteiger partial charge is 0.364 e. The van der Waals surface area contributed by atoms with E-state index < -0.39 is 0 Å². The lowest BCUT2D eigenvalue weighted by Crippen LogP contribution is -2.26. The molecule has 124 valence electrons. The number of H-pyrrole nitrogens is 1. The van der Waals surface area contributed by atoms with Crippen LogP contribution in [0.4, 0.5) is 0 Å². The van der Waals surface area contributed by atoms with E-state index in [2.05, 4.69) is 34.1 Å². The van der Waals surface area contributed by atoms with Gasteiger partial charge in [0.2, 0.25) is 0 Å². The van der Waals surface area contributed by atoms with Gasteiger partial charge in [0.1, 0.15) is 12.0 Å². The molecule has 5 nitrogen and oxygen atoms in total. The van der Waals surface area contributed by atoms with E-state index in [0.717, 1.165) is 35.0 Å². The van der Waals surface area contributed by atoms with Crippen molar-refractivity contribution in [3.05, 3.63) is 63.3 Å². The second kappa shape index (κ2) is 5.91. The molecule has 4 rings (SSSR count). The van der Waals surface area contributed by atoms with Crippen LogP contribution in [0.2, 0.25) is 0 Å². The van der Waals surface area contributed by atoms with E-state index in [1.54, 1.807) is 6.26 Å². The molecule has 0 radical (unpaired) electrons. The maximum Gasteiger partial charge on any atom is 0.252 e. The standard InChI is InChI=1S/C19H21N3O2/c1-12(17-6-7-24-21-17)22(2)11-16-9-15-8-13-4-3-5-14(13)10-18(15)20-19(16)23/h6-10,12H,3-5,11H2,1-2H3,(H,20,23). The summed E-state index contributed by atoms with van der Waals surface area (Å²) in [7, 11) is 1.99. The van der Waals surface area contributed by atoms with Gasteiger partial charge in [0.25, 0.3) is 5.56 Å². The van der Waals surface area contributed by atoms with Gasteiger partial charge in [-0.25, -0.2) is 0 Å². The van der Waals surface area contributed by atoms with Gasteiger partial charge in [0, 0.05) is 23.7 Å². The molecule has 0 saturated carbocycles. The van der Waals surface area contributed by atoms with Crippen LogP contribution < -0.4 is 5.56 Å². The van der Waals surface area contributed by atoms with Crippen molar-refractivity contribution in [1.82, 2.24) is 15.0 Å². The van der Waals surface area contributed by atoms with Gasteiger partial charge in [0.05, 0.1) is 6.04 Å². The maximum atomic E-state index is 12.5. The van der Waals surface area contributed by atoms with Crippen LogP contribution in [-0.4, -0.2) is 22.1 Å². The first-order chi connectivity index (χ1) is 11.6. The molecule has 2 aromatic heterocycles. The molecule has 5 heteroatoms. The van der Waals surface area contributed by atoms with Gasteiger partial charge < -0.3 is 9.51 Å². The number of aromatic nitrogens is 2. The van der Waals surface area contributed by atoms with E-state index in [9.17, 15) is 4.79 Å². The van der Waals surface area contributed by atoms with Gasteiger partial charge in [-0.15, -0.1) is 0 Å². The number of fused-ring (bicyclic) bond motifs is 2. The highest BCUT2D eigenvalue weighted by Crippen LogP contribution is 2.26. The molecule has 0 spiro atoms. The molecule has 0 fully saturated rings. The third kappa shape index (κ3) is 2.65. The molecule has 1 atom stereocenters. The lowest BCUT2D eigenvalue weighted by atomic mass is 10.0. The highest BCUT2D eigenvalue weighted by Gasteiger charge is 2.17. The summed E-state index contributed by atoms with van der Waals surface area (Å²) < 4.78 is 4.92. The number of benzene rings is 1. The third-order valence-electron chi connectivity index (χ3n) is 5.10. The molecule has 1 N–H and O–H groups in total. The van der Waals surface area contributed by atoms with Crippen molar-refractivity contribution in [2.24, 2.45) is 0 Å². The molecule has 0 aliphatic heterocycles. The molecule has 0 saturated heterocycles. The number of aryl methyl sites for hydroxylation is 2. The third-order valence-corrected chi connectivity index (χ3v) is 5.10. The minimum atomic E-state index is -0.0142. The summed E-state index contributed by atoms with van der Waals surface area (Å²) in [6.07, 6.45) is 5.04. The summed E-state index contributed by atoms with van der Waals surface area (Å²) in [5.74, 6) is 0. The van der Waals surface area contributed by atoms with Crippen molar-refractivity contribution >= 4 is 10.9 Å². The van der Waals surface area contributed by atoms with E-state index in [4.69, 9.17) is 4.52 Å². The van der Waals surface area contributed by atoms with Gasteiger partial charge in [0.15, 0.2) is 0 Å². The zero-order valence-electron chi connectivity index (χ0n) is 14.0. The molecular weight excluding hydrogens is 302 g/mol. The topological polar surface area (TPSA) is 62.1 Å². The van der Waals surface area contributed by atoms with Crippen molar-refractivity contribution in [1.29, 1.82) is 0 Å². The van der Waals surface area contributed by atoms with Gasteiger partial charge in [-0.1, -0.05) is 5.16 Å². The number of nitrogens with one attached hydrogen (secondary N) is 1. The van der Waals surface area contributed by atoms with Crippen molar-refractivity contribution in [2.75, 3.05) is 7.05 Å². The van der Waals surface area contributed by atoms with Crippen LogP contribution in [-0.2, 0) is 19.4 Å². The highest BCUT2D eigenvalue weighted by molar-refractivity contribution is 5.81. The van der Waals surface area contributed by atoms with E-state index >= 15 is 0 Å². The minimum Gasteiger partial charge on any atom is -0.364 e. The highest BCUT2D eigenvalue weighted by atomic mass is 16.5. The van der Waals surface area contributed by atoms with Gasteiger partial charge in [-0.3, -0.25) is 9.69 Å². The Kier molecular flexibility index (Phi) is 3.73. The summed E-state index contributed by atoms with van der Waals surface area (Å²) in [6.45, 7) is 2.62. The summed E-state index contributed by atoms with van der Waals surface area (Å²) in [4.78, 5) is 17.6. The SMILES string of the molecule is CC(c1ccon1)N(C)Cc1cc2cc3c(cc2[nH]c1=O)CCC3. The Hall–Kier alpha value is -2.40. The van der Waals surface area contributed by atoms with Crippen LogP contribution >= 0.6 is 0 Å². The number of nitrogens with zero attached hydrogens (tertiary/aromatic N) is 2. The first-order valence-electron chi connectivity index (χ1n) is 8.40. The van der Waals surface area contributed by atoms with Gasteiger partial charge >= 0.3 is 0 Å². The Morgan fingerprint density at radius 2 is 2.08 bits per heavy atom. The fraction of sp³-hybridized carbons (Fsp3) is 0.368. The molecule has 1 aromatic carbocycles. The first kappa shape index (κ1) is 15.1. The van der Waals surface area contributed by atoms with E-state index in [-0.39, 0.29) is 11.6 Å². The minimum absolute atomic E-state index is 0.0142. The van der Waals surface area contributed by atoms with Crippen molar-refractivity contribution in [3.8, 4) is 0 Å². The van der Waals surface area contributed by atoms with Crippen LogP contribution in [0.1, 0.15) is 41.8 Å². The molecule has 1 aliphatic rings. The van der Waals surface area contributed by atoms with Crippen LogP contribution in [0.5, 0.6) is 0 Å². The molecule has 0 bridgehead atoms. The Balaban J connectivity index is 1.65. The summed E-state index contributed by atoms with van der Waals surface area (Å²) >= 11 is 0. The summed E-state index contributed by atoms with van der Waals surface area (Å²) in [5.41, 5.74) is 5.37. The first-order valence-corrected chi connectivity index (χ1v) is 8.40. The number of rotatable bonds is 4. The zero-order chi connectivity index (χ0) is 16.7. The van der Waals surface area contributed by atoms with Crippen LogP contribution in [0.3, 0.4) is 0 Å². The van der Waals surface area contributed by atoms with Crippen molar-refractivity contribution in [2.45, 2.75) is 38.8 Å². The average molecular weight is 323 g/mol. The van der Waals surface area contributed by atoms with Gasteiger partial charge in [-0.2, -0.15) is 0 Å². The average Bonchev–Trinajstić information content (AvgIpc) is 3.24. The van der Waals surface area contributed by atoms with E-state index in [0.29, 0.717) is 6.54 Å². The smallest absolute Gasteiger partial charge is 0.252 e. The second-order valence-corrected chi connectivity index (χ2v) is 6.70. The summed E-state index contributed by atoms with van der Waals surface area (Å²) in [6, 6.07) is 8.34.